The number of hydrogen-bond acceptors (Lipinski definition) is 4. The van der Waals surface area contributed by atoms with E-state index >= 15 is 0 Å². The molecule has 0 aliphatic carbocycles. The third-order valence-electron chi connectivity index (χ3n) is 4.42. The maximum absolute atomic E-state index is 13.2. The van der Waals surface area contributed by atoms with Gasteiger partial charge in [0.2, 0.25) is 0 Å². The average Bonchev–Trinajstić information content (AvgIpc) is 2.68. The van der Waals surface area contributed by atoms with Gasteiger partial charge in [-0.05, 0) is 35.9 Å². The number of anilines is 2. The van der Waals surface area contributed by atoms with Gasteiger partial charge < -0.3 is 19.7 Å². The number of rotatable bonds is 5. The fraction of sp³-hybridized carbons (Fsp3) is 0.350. The summed E-state index contributed by atoms with van der Waals surface area (Å²) in [4.78, 5) is 14.6. The van der Waals surface area contributed by atoms with Crippen LogP contribution in [0.5, 0.6) is 0 Å². The van der Waals surface area contributed by atoms with Gasteiger partial charge in [-0.3, -0.25) is 4.79 Å². The number of nitrogens with one attached hydrogen (secondary N) is 1. The van der Waals surface area contributed by atoms with Gasteiger partial charge in [0, 0.05) is 25.8 Å². The molecule has 1 N–H and O–H groups in total. The van der Waals surface area contributed by atoms with Crippen LogP contribution >= 0.6 is 0 Å². The van der Waals surface area contributed by atoms with Gasteiger partial charge in [-0.25, -0.2) is 0 Å². The summed E-state index contributed by atoms with van der Waals surface area (Å²) in [5.41, 5.74) is 0.997. The van der Waals surface area contributed by atoms with Crippen LogP contribution < -0.4 is 10.2 Å². The van der Waals surface area contributed by atoms with Crippen LogP contribution in [-0.4, -0.2) is 39.3 Å². The van der Waals surface area contributed by atoms with Crippen molar-refractivity contribution in [2.24, 2.45) is 0 Å². The Morgan fingerprint density at radius 1 is 1.18 bits per heavy atom. The SMILES string of the molecule is COCc1cccc(C(=O)Nc2cc(C(F)(F)F)ccc2N2CCOCC2)c1. The van der Waals surface area contributed by atoms with Gasteiger partial charge in [-0.2, -0.15) is 13.2 Å². The summed E-state index contributed by atoms with van der Waals surface area (Å²) in [6.45, 7) is 2.37. The molecule has 3 rings (SSSR count). The molecule has 5 nitrogen and oxygen atoms in total. The number of carbonyl (C=O) groups is 1. The molecule has 1 aliphatic heterocycles. The molecule has 8 heteroatoms. The van der Waals surface area contributed by atoms with E-state index in [1.54, 1.807) is 25.3 Å². The summed E-state index contributed by atoms with van der Waals surface area (Å²) in [5.74, 6) is -0.480. The van der Waals surface area contributed by atoms with E-state index in [1.807, 2.05) is 11.0 Å². The van der Waals surface area contributed by atoms with Gasteiger partial charge in [-0.15, -0.1) is 0 Å². The molecule has 0 aromatic heterocycles. The maximum Gasteiger partial charge on any atom is 0.416 e. The number of benzene rings is 2. The lowest BCUT2D eigenvalue weighted by molar-refractivity contribution is -0.137. The van der Waals surface area contributed by atoms with Crippen molar-refractivity contribution in [3.8, 4) is 0 Å². The first-order chi connectivity index (χ1) is 13.4. The fourth-order valence-corrected chi connectivity index (χ4v) is 3.06. The van der Waals surface area contributed by atoms with Crippen LogP contribution in [0.2, 0.25) is 0 Å². The van der Waals surface area contributed by atoms with Crippen LogP contribution in [0.1, 0.15) is 21.5 Å². The first-order valence-corrected chi connectivity index (χ1v) is 8.81. The number of morpholine rings is 1. The number of hydrogen-bond donors (Lipinski definition) is 1. The highest BCUT2D eigenvalue weighted by molar-refractivity contribution is 6.06. The van der Waals surface area contributed by atoms with Crippen molar-refractivity contribution in [2.45, 2.75) is 12.8 Å². The Hall–Kier alpha value is -2.58. The number of carbonyl (C=O) groups excluding carboxylic acids is 1. The molecule has 0 bridgehead atoms. The van der Waals surface area contributed by atoms with Crippen LogP contribution in [0.25, 0.3) is 0 Å². The third kappa shape index (κ3) is 4.82. The van der Waals surface area contributed by atoms with E-state index in [9.17, 15) is 18.0 Å². The second-order valence-corrected chi connectivity index (χ2v) is 6.42. The predicted molar refractivity (Wildman–Crippen MR) is 99.6 cm³/mol. The number of ether oxygens (including phenoxy) is 2. The highest BCUT2D eigenvalue weighted by atomic mass is 19.4. The molecule has 0 spiro atoms. The topological polar surface area (TPSA) is 50.8 Å². The molecule has 0 saturated carbocycles. The second-order valence-electron chi connectivity index (χ2n) is 6.42. The van der Waals surface area contributed by atoms with Crippen LogP contribution in [-0.2, 0) is 22.3 Å². The molecule has 1 fully saturated rings. The van der Waals surface area contributed by atoms with Gasteiger partial charge >= 0.3 is 6.18 Å². The van der Waals surface area contributed by atoms with E-state index in [0.717, 1.165) is 17.7 Å². The fourth-order valence-electron chi connectivity index (χ4n) is 3.06. The number of halogens is 3. The van der Waals surface area contributed by atoms with E-state index < -0.39 is 17.6 Å². The van der Waals surface area contributed by atoms with E-state index in [0.29, 0.717) is 44.2 Å². The van der Waals surface area contributed by atoms with E-state index in [4.69, 9.17) is 9.47 Å². The Morgan fingerprint density at radius 3 is 2.61 bits per heavy atom. The summed E-state index contributed by atoms with van der Waals surface area (Å²) >= 11 is 0. The van der Waals surface area contributed by atoms with Crippen molar-refractivity contribution in [3.05, 3.63) is 59.2 Å². The molecule has 28 heavy (non-hydrogen) atoms. The first kappa shape index (κ1) is 20.2. The molecule has 2 aromatic carbocycles. The van der Waals surface area contributed by atoms with E-state index in [2.05, 4.69) is 5.32 Å². The van der Waals surface area contributed by atoms with Crippen molar-refractivity contribution in [2.75, 3.05) is 43.6 Å². The molecule has 0 atom stereocenters. The second kappa shape index (κ2) is 8.62. The normalized spacial score (nSPS) is 14.8. The summed E-state index contributed by atoms with van der Waals surface area (Å²) in [7, 11) is 1.55. The zero-order valence-electron chi connectivity index (χ0n) is 15.4. The molecule has 1 aliphatic rings. The molecule has 0 unspecified atom stereocenters. The van der Waals surface area contributed by atoms with Crippen molar-refractivity contribution < 1.29 is 27.4 Å². The molecule has 1 saturated heterocycles. The Bertz CT molecular complexity index is 834. The smallest absolute Gasteiger partial charge is 0.380 e. The predicted octanol–water partition coefficient (Wildman–Crippen LogP) is 3.94. The largest absolute Gasteiger partial charge is 0.416 e. The summed E-state index contributed by atoms with van der Waals surface area (Å²) in [5, 5.41) is 2.64. The van der Waals surface area contributed by atoms with Gasteiger partial charge in [-0.1, -0.05) is 12.1 Å². The minimum atomic E-state index is -4.50. The van der Waals surface area contributed by atoms with E-state index in [-0.39, 0.29) is 5.69 Å². The Kier molecular flexibility index (Phi) is 6.21. The zero-order chi connectivity index (χ0) is 20.1. The summed E-state index contributed by atoms with van der Waals surface area (Å²) < 4.78 is 49.9. The highest BCUT2D eigenvalue weighted by Gasteiger charge is 2.32. The monoisotopic (exact) mass is 394 g/mol. The van der Waals surface area contributed by atoms with Crippen LogP contribution in [0.4, 0.5) is 24.5 Å². The molecule has 1 amide bonds. The summed E-state index contributed by atoms with van der Waals surface area (Å²) in [6, 6.07) is 10.2. The number of alkyl halides is 3. The molecule has 1 heterocycles. The van der Waals surface area contributed by atoms with Crippen LogP contribution in [0.15, 0.2) is 42.5 Å². The van der Waals surface area contributed by atoms with Crippen molar-refractivity contribution in [3.63, 3.8) is 0 Å². The summed E-state index contributed by atoms with van der Waals surface area (Å²) in [6.07, 6.45) is -4.50. The van der Waals surface area contributed by atoms with Crippen LogP contribution in [0.3, 0.4) is 0 Å². The zero-order valence-corrected chi connectivity index (χ0v) is 15.4. The van der Waals surface area contributed by atoms with Crippen molar-refractivity contribution in [1.82, 2.24) is 0 Å². The molecule has 0 radical (unpaired) electrons. The minimum absolute atomic E-state index is 0.124. The first-order valence-electron chi connectivity index (χ1n) is 8.81. The molecule has 150 valence electrons. The standard InChI is InChI=1S/C20H21F3N2O3/c1-27-13-14-3-2-4-15(11-14)19(26)24-17-12-16(20(21,22)23)5-6-18(17)25-7-9-28-10-8-25/h2-6,11-12H,7-10,13H2,1H3,(H,24,26). The van der Waals surface area contributed by atoms with E-state index in [1.165, 1.54) is 6.07 Å². The third-order valence-corrected chi connectivity index (χ3v) is 4.42. The lowest BCUT2D eigenvalue weighted by Crippen LogP contribution is -2.36. The van der Waals surface area contributed by atoms with Gasteiger partial charge in [0.1, 0.15) is 0 Å². The lowest BCUT2D eigenvalue weighted by Gasteiger charge is -2.31. The Balaban J connectivity index is 1.91. The maximum atomic E-state index is 13.2. The van der Waals surface area contributed by atoms with Crippen molar-refractivity contribution in [1.29, 1.82) is 0 Å². The number of nitrogens with zero attached hydrogens (tertiary/aromatic N) is 1. The Morgan fingerprint density at radius 2 is 1.93 bits per heavy atom. The van der Waals surface area contributed by atoms with Crippen LogP contribution in [0, 0.1) is 0 Å². The Labute approximate surface area is 161 Å². The molecule has 2 aromatic rings. The molecular formula is C20H21F3N2O3. The minimum Gasteiger partial charge on any atom is -0.380 e. The van der Waals surface area contributed by atoms with Gasteiger partial charge in [0.05, 0.1) is 36.8 Å². The highest BCUT2D eigenvalue weighted by Crippen LogP contribution is 2.36. The quantitative estimate of drug-likeness (QED) is 0.835. The van der Waals surface area contributed by atoms with Gasteiger partial charge in [0.15, 0.2) is 0 Å². The lowest BCUT2D eigenvalue weighted by atomic mass is 10.1. The van der Waals surface area contributed by atoms with Gasteiger partial charge in [0.25, 0.3) is 5.91 Å². The molecular weight excluding hydrogens is 373 g/mol. The number of amides is 1. The van der Waals surface area contributed by atoms with Crippen molar-refractivity contribution >= 4 is 17.3 Å². The average molecular weight is 394 g/mol. The number of methoxy groups -OCH3 is 1.